The topological polar surface area (TPSA) is 108 Å². The van der Waals surface area contributed by atoms with E-state index in [-0.39, 0.29) is 36.5 Å². The lowest BCUT2D eigenvalue weighted by atomic mass is 9.92. The Kier molecular flexibility index (Phi) is 7.17. The fraction of sp³-hybridized carbons (Fsp3) is 0.407. The van der Waals surface area contributed by atoms with Crippen molar-refractivity contribution < 1.29 is 23.9 Å². The Hall–Kier alpha value is -3.43. The summed E-state index contributed by atoms with van der Waals surface area (Å²) in [5.74, 6) is 0.126. The fourth-order valence-electron chi connectivity index (χ4n) is 5.16. The van der Waals surface area contributed by atoms with E-state index in [1.54, 1.807) is 29.2 Å². The number of nitrogens with one attached hydrogen (secondary N) is 2. The molecule has 2 atom stereocenters. The van der Waals surface area contributed by atoms with E-state index in [1.807, 2.05) is 19.2 Å². The molecule has 1 saturated carbocycles. The van der Waals surface area contributed by atoms with Crippen molar-refractivity contribution in [2.24, 2.45) is 0 Å². The zero-order chi connectivity index (χ0) is 26.1. The molecule has 5 rings (SSSR count). The molecule has 2 N–H and O–H groups in total. The summed E-state index contributed by atoms with van der Waals surface area (Å²) < 4.78 is 6.02. The predicted octanol–water partition coefficient (Wildman–Crippen LogP) is 3.39. The zero-order valence-corrected chi connectivity index (χ0v) is 21.3. The maximum atomic E-state index is 13.0. The summed E-state index contributed by atoms with van der Waals surface area (Å²) in [6.45, 7) is 2.38. The van der Waals surface area contributed by atoms with Crippen LogP contribution in [-0.2, 0) is 22.7 Å². The first-order valence-electron chi connectivity index (χ1n) is 12.4. The minimum absolute atomic E-state index is 0.0692. The van der Waals surface area contributed by atoms with Gasteiger partial charge >= 0.3 is 6.03 Å². The molecule has 9 nitrogen and oxygen atoms in total. The molecule has 2 aromatic carbocycles. The number of hydrogen-bond acceptors (Lipinski definition) is 6. The van der Waals surface area contributed by atoms with E-state index >= 15 is 0 Å². The van der Waals surface area contributed by atoms with Crippen LogP contribution >= 0.6 is 11.6 Å². The van der Waals surface area contributed by atoms with Crippen LogP contribution in [-0.4, -0.2) is 65.6 Å². The normalized spacial score (nSPS) is 21.8. The van der Waals surface area contributed by atoms with Gasteiger partial charge in [0.1, 0.15) is 17.6 Å². The van der Waals surface area contributed by atoms with Crippen LogP contribution in [0.2, 0.25) is 5.02 Å². The van der Waals surface area contributed by atoms with E-state index in [2.05, 4.69) is 15.5 Å². The van der Waals surface area contributed by atoms with Gasteiger partial charge in [-0.2, -0.15) is 0 Å². The molecule has 1 saturated heterocycles. The molecular formula is C27H29ClN4O5. The number of benzene rings is 2. The maximum absolute atomic E-state index is 13.0. The maximum Gasteiger partial charge on any atom is 0.319 e. The van der Waals surface area contributed by atoms with Crippen molar-refractivity contribution in [2.75, 3.05) is 25.5 Å². The second-order valence-electron chi connectivity index (χ2n) is 9.93. The smallest absolute Gasteiger partial charge is 0.319 e. The van der Waals surface area contributed by atoms with E-state index < -0.39 is 12.1 Å². The SMILES string of the molecule is CN1CCC(Oc2cc(Cl)cc(NC(=O)NCc3ccc4c(c3)C(=O)N(C3CCC(=O)CC3=O)C4)c2)C1. The molecule has 0 aromatic heterocycles. The number of hydrogen-bond donors (Lipinski definition) is 2. The van der Waals surface area contributed by atoms with E-state index in [0.717, 1.165) is 30.6 Å². The van der Waals surface area contributed by atoms with Crippen LogP contribution in [0.1, 0.15) is 47.2 Å². The van der Waals surface area contributed by atoms with Crippen molar-refractivity contribution in [1.29, 1.82) is 0 Å². The van der Waals surface area contributed by atoms with Crippen molar-refractivity contribution in [3.8, 4) is 5.75 Å². The largest absolute Gasteiger partial charge is 0.489 e. The average Bonchev–Trinajstić information content (AvgIpc) is 3.39. The number of likely N-dealkylation sites (N-methyl/N-ethyl adjacent to an activating group) is 1. The molecule has 37 heavy (non-hydrogen) atoms. The van der Waals surface area contributed by atoms with Crippen LogP contribution in [0.4, 0.5) is 10.5 Å². The second-order valence-corrected chi connectivity index (χ2v) is 10.4. The summed E-state index contributed by atoms with van der Waals surface area (Å²) in [5.41, 5.74) is 2.64. The van der Waals surface area contributed by atoms with Crippen LogP contribution in [0.15, 0.2) is 36.4 Å². The third-order valence-corrected chi connectivity index (χ3v) is 7.27. The van der Waals surface area contributed by atoms with Gasteiger partial charge in [-0.15, -0.1) is 0 Å². The van der Waals surface area contributed by atoms with Crippen LogP contribution in [0.3, 0.4) is 0 Å². The molecule has 2 aromatic rings. The highest BCUT2D eigenvalue weighted by Gasteiger charge is 2.38. The van der Waals surface area contributed by atoms with Gasteiger partial charge in [-0.1, -0.05) is 23.7 Å². The van der Waals surface area contributed by atoms with Crippen molar-refractivity contribution in [1.82, 2.24) is 15.1 Å². The molecule has 0 radical (unpaired) electrons. The minimum Gasteiger partial charge on any atom is -0.489 e. The minimum atomic E-state index is -0.550. The number of carbonyl (C=O) groups is 4. The summed E-state index contributed by atoms with van der Waals surface area (Å²) in [4.78, 5) is 53.2. The number of Topliss-reactive ketones (excluding diaryl/α,β-unsaturated/α-hetero) is 2. The van der Waals surface area contributed by atoms with Crippen LogP contribution < -0.4 is 15.4 Å². The molecule has 2 fully saturated rings. The van der Waals surface area contributed by atoms with Crippen molar-refractivity contribution in [3.63, 3.8) is 0 Å². The van der Waals surface area contributed by atoms with Crippen LogP contribution in [0.5, 0.6) is 5.75 Å². The Balaban J connectivity index is 1.18. The molecule has 0 bridgehead atoms. The van der Waals surface area contributed by atoms with Gasteiger partial charge < -0.3 is 25.2 Å². The summed E-state index contributed by atoms with van der Waals surface area (Å²) in [7, 11) is 2.05. The molecule has 0 spiro atoms. The summed E-state index contributed by atoms with van der Waals surface area (Å²) >= 11 is 6.24. The van der Waals surface area contributed by atoms with Gasteiger partial charge in [0.15, 0.2) is 5.78 Å². The van der Waals surface area contributed by atoms with Crippen LogP contribution in [0, 0.1) is 0 Å². The highest BCUT2D eigenvalue weighted by molar-refractivity contribution is 6.31. The standard InChI is InChI=1S/C27H29ClN4O5/c1-31-7-6-21(15-31)37-22-10-18(28)9-19(11-22)30-27(36)29-13-16-2-3-17-14-32(26(35)23(17)8-16)24-5-4-20(33)12-25(24)34/h2-3,8-11,21,24H,4-7,12-15H2,1H3,(H2,29,30,36). The molecule has 10 heteroatoms. The van der Waals surface area contributed by atoms with Gasteiger partial charge in [-0.25, -0.2) is 4.79 Å². The van der Waals surface area contributed by atoms with Crippen molar-refractivity contribution in [2.45, 2.75) is 50.9 Å². The molecular weight excluding hydrogens is 496 g/mol. The first kappa shape index (κ1) is 25.2. The average molecular weight is 525 g/mol. The number of ketones is 2. The van der Waals surface area contributed by atoms with Gasteiger partial charge in [-0.3, -0.25) is 14.4 Å². The first-order chi connectivity index (χ1) is 17.7. The van der Waals surface area contributed by atoms with Crippen LogP contribution in [0.25, 0.3) is 0 Å². The van der Waals surface area contributed by atoms with Crippen molar-refractivity contribution in [3.05, 3.63) is 58.1 Å². The molecule has 194 valence electrons. The van der Waals surface area contributed by atoms with Gasteiger partial charge in [0.2, 0.25) is 0 Å². The molecule has 2 aliphatic heterocycles. The second kappa shape index (κ2) is 10.5. The highest BCUT2D eigenvalue weighted by Crippen LogP contribution is 2.30. The number of likely N-dealkylation sites (tertiary alicyclic amines) is 1. The zero-order valence-electron chi connectivity index (χ0n) is 20.6. The number of amides is 3. The number of urea groups is 1. The van der Waals surface area contributed by atoms with Gasteiger partial charge in [0.25, 0.3) is 5.91 Å². The Morgan fingerprint density at radius 2 is 1.97 bits per heavy atom. The molecule has 2 unspecified atom stereocenters. The lowest BCUT2D eigenvalue weighted by Gasteiger charge is -2.29. The summed E-state index contributed by atoms with van der Waals surface area (Å²) in [5, 5.41) is 6.04. The van der Waals surface area contributed by atoms with E-state index in [1.165, 1.54) is 0 Å². The van der Waals surface area contributed by atoms with Gasteiger partial charge in [-0.05, 0) is 49.2 Å². The number of rotatable bonds is 6. The number of carbonyl (C=O) groups excluding carboxylic acids is 4. The molecule has 2 heterocycles. The van der Waals surface area contributed by atoms with E-state index in [4.69, 9.17) is 16.3 Å². The third-order valence-electron chi connectivity index (χ3n) is 7.06. The summed E-state index contributed by atoms with van der Waals surface area (Å²) in [6.07, 6.45) is 1.61. The Morgan fingerprint density at radius 1 is 1.14 bits per heavy atom. The van der Waals surface area contributed by atoms with Gasteiger partial charge in [0.05, 0.1) is 12.5 Å². The molecule has 1 aliphatic carbocycles. The van der Waals surface area contributed by atoms with Crippen molar-refractivity contribution >= 4 is 40.8 Å². The Morgan fingerprint density at radius 3 is 2.73 bits per heavy atom. The number of ether oxygens (including phenoxy) is 1. The first-order valence-corrected chi connectivity index (χ1v) is 12.8. The predicted molar refractivity (Wildman–Crippen MR) is 138 cm³/mol. The Bertz CT molecular complexity index is 1270. The Labute approximate surface area is 220 Å². The third kappa shape index (κ3) is 5.78. The number of nitrogens with zero attached hydrogens (tertiary/aromatic N) is 2. The number of halogens is 1. The lowest BCUT2D eigenvalue weighted by molar-refractivity contribution is -0.133. The van der Waals surface area contributed by atoms with Gasteiger partial charge in [0, 0.05) is 54.9 Å². The summed E-state index contributed by atoms with van der Waals surface area (Å²) in [6, 6.07) is 9.61. The molecule has 3 aliphatic rings. The highest BCUT2D eigenvalue weighted by atomic mass is 35.5. The monoisotopic (exact) mass is 524 g/mol. The lowest BCUT2D eigenvalue weighted by Crippen LogP contribution is -2.44. The quantitative estimate of drug-likeness (QED) is 0.561. The number of fused-ring (bicyclic) bond motifs is 1. The van der Waals surface area contributed by atoms with E-state index in [0.29, 0.717) is 41.4 Å². The number of anilines is 1. The molecule has 3 amide bonds. The van der Waals surface area contributed by atoms with E-state index in [9.17, 15) is 19.2 Å². The fourth-order valence-corrected chi connectivity index (χ4v) is 5.39.